The van der Waals surface area contributed by atoms with Gasteiger partial charge in [0, 0.05) is 18.7 Å². The third-order valence-corrected chi connectivity index (χ3v) is 6.91. The van der Waals surface area contributed by atoms with Crippen molar-refractivity contribution in [1.82, 2.24) is 9.80 Å². The van der Waals surface area contributed by atoms with Gasteiger partial charge in [-0.15, -0.1) is 0 Å². The van der Waals surface area contributed by atoms with Crippen LogP contribution in [0.4, 0.5) is 9.18 Å². The van der Waals surface area contributed by atoms with Gasteiger partial charge in [-0.2, -0.15) is 0 Å². The molecule has 0 atom stereocenters. The first-order chi connectivity index (χ1) is 16.5. The van der Waals surface area contributed by atoms with Gasteiger partial charge in [0.05, 0.1) is 11.4 Å². The van der Waals surface area contributed by atoms with Crippen LogP contribution in [0.2, 0.25) is 0 Å². The van der Waals surface area contributed by atoms with Gasteiger partial charge in [0.15, 0.2) is 0 Å². The van der Waals surface area contributed by atoms with Crippen LogP contribution in [0, 0.1) is 5.82 Å². The average molecular weight is 473 g/mol. The van der Waals surface area contributed by atoms with E-state index in [9.17, 15) is 18.8 Å². The maximum atomic E-state index is 13.1. The van der Waals surface area contributed by atoms with E-state index in [-0.39, 0.29) is 29.4 Å². The van der Waals surface area contributed by atoms with Gasteiger partial charge in [-0.05, 0) is 70.8 Å². The summed E-state index contributed by atoms with van der Waals surface area (Å²) in [6.45, 7) is 1.37. The summed E-state index contributed by atoms with van der Waals surface area (Å²) in [7, 11) is 0. The number of carbonyl (C=O) groups is 3. The Morgan fingerprint density at radius 3 is 2.38 bits per heavy atom. The number of fused-ring (bicyclic) bond motifs is 1. The zero-order chi connectivity index (χ0) is 23.7. The number of benzene rings is 3. The van der Waals surface area contributed by atoms with Crippen molar-refractivity contribution in [3.63, 3.8) is 0 Å². The molecular formula is C27H21FN2O3S. The van der Waals surface area contributed by atoms with Crippen LogP contribution in [0.3, 0.4) is 0 Å². The maximum absolute atomic E-state index is 13.1. The molecule has 0 saturated carbocycles. The standard InChI is InChI=1S/C27H21FN2O3S/c28-23-11-7-19(8-12-23)16-30-26(32)24(34-27(30)33)15-18-5-9-21(10-6-18)25(31)29-14-13-20-3-1-2-4-22(20)17-29/h1-12,15H,13-14,16-17H2. The fourth-order valence-electron chi connectivity index (χ4n) is 4.13. The Bertz CT molecular complexity index is 1300. The Balaban J connectivity index is 1.27. The normalized spacial score (nSPS) is 16.8. The van der Waals surface area contributed by atoms with Crippen LogP contribution in [0.25, 0.3) is 6.08 Å². The first-order valence-corrected chi connectivity index (χ1v) is 11.8. The van der Waals surface area contributed by atoms with Gasteiger partial charge in [-0.1, -0.05) is 48.5 Å². The molecule has 170 valence electrons. The lowest BCUT2D eigenvalue weighted by atomic mass is 9.99. The molecule has 5 nitrogen and oxygen atoms in total. The Kier molecular flexibility index (Phi) is 6.02. The monoisotopic (exact) mass is 472 g/mol. The second-order valence-corrected chi connectivity index (χ2v) is 9.25. The van der Waals surface area contributed by atoms with Crippen LogP contribution >= 0.6 is 11.8 Å². The van der Waals surface area contributed by atoms with E-state index in [1.807, 2.05) is 17.0 Å². The van der Waals surface area contributed by atoms with Crippen molar-refractivity contribution in [1.29, 1.82) is 0 Å². The summed E-state index contributed by atoms with van der Waals surface area (Å²) in [5.74, 6) is -0.781. The van der Waals surface area contributed by atoms with Crippen molar-refractivity contribution in [3.05, 3.63) is 111 Å². The van der Waals surface area contributed by atoms with E-state index in [2.05, 4.69) is 12.1 Å². The summed E-state index contributed by atoms with van der Waals surface area (Å²) in [6, 6.07) is 20.9. The topological polar surface area (TPSA) is 57.7 Å². The van der Waals surface area contributed by atoms with Crippen LogP contribution < -0.4 is 0 Å². The van der Waals surface area contributed by atoms with Gasteiger partial charge < -0.3 is 4.90 Å². The van der Waals surface area contributed by atoms with Crippen molar-refractivity contribution in [2.75, 3.05) is 6.54 Å². The van der Waals surface area contributed by atoms with Crippen molar-refractivity contribution in [2.24, 2.45) is 0 Å². The number of imide groups is 1. The number of hydrogen-bond acceptors (Lipinski definition) is 4. The Labute approximate surface area is 200 Å². The summed E-state index contributed by atoms with van der Waals surface area (Å²) in [4.78, 5) is 41.4. The zero-order valence-corrected chi connectivity index (χ0v) is 19.1. The molecular weight excluding hydrogens is 451 g/mol. The highest BCUT2D eigenvalue weighted by atomic mass is 32.2. The van der Waals surface area contributed by atoms with Gasteiger partial charge in [-0.25, -0.2) is 4.39 Å². The lowest BCUT2D eigenvalue weighted by Crippen LogP contribution is -2.35. The van der Waals surface area contributed by atoms with Gasteiger partial charge in [0.25, 0.3) is 17.1 Å². The molecule has 0 unspecified atom stereocenters. The maximum Gasteiger partial charge on any atom is 0.293 e. The van der Waals surface area contributed by atoms with Gasteiger partial charge in [-0.3, -0.25) is 19.3 Å². The highest BCUT2D eigenvalue weighted by Crippen LogP contribution is 2.33. The number of thioether (sulfide) groups is 1. The number of rotatable bonds is 4. The summed E-state index contributed by atoms with van der Waals surface area (Å²) in [5, 5.41) is -0.363. The van der Waals surface area contributed by atoms with E-state index in [1.54, 1.807) is 42.5 Å². The Hall–Kier alpha value is -3.71. The van der Waals surface area contributed by atoms with E-state index < -0.39 is 0 Å². The molecule has 0 aliphatic carbocycles. The van der Waals surface area contributed by atoms with Crippen LogP contribution in [0.15, 0.2) is 77.7 Å². The summed E-state index contributed by atoms with van der Waals surface area (Å²) in [6.07, 6.45) is 2.49. The summed E-state index contributed by atoms with van der Waals surface area (Å²) < 4.78 is 13.1. The minimum absolute atomic E-state index is 0.0272. The van der Waals surface area contributed by atoms with Crippen LogP contribution in [0.1, 0.15) is 32.6 Å². The second-order valence-electron chi connectivity index (χ2n) is 8.26. The van der Waals surface area contributed by atoms with Crippen LogP contribution in [-0.4, -0.2) is 33.4 Å². The van der Waals surface area contributed by atoms with Crippen LogP contribution in [-0.2, 0) is 24.3 Å². The lowest BCUT2D eigenvalue weighted by Gasteiger charge is -2.29. The highest BCUT2D eigenvalue weighted by molar-refractivity contribution is 8.18. The first-order valence-electron chi connectivity index (χ1n) is 10.9. The zero-order valence-electron chi connectivity index (χ0n) is 18.2. The van der Waals surface area contributed by atoms with E-state index >= 15 is 0 Å². The molecule has 2 aliphatic rings. The van der Waals surface area contributed by atoms with Crippen molar-refractivity contribution in [3.8, 4) is 0 Å². The van der Waals surface area contributed by atoms with Gasteiger partial charge in [0.2, 0.25) is 0 Å². The molecule has 0 aromatic heterocycles. The molecule has 2 heterocycles. The Morgan fingerprint density at radius 1 is 0.941 bits per heavy atom. The number of hydrogen-bond donors (Lipinski definition) is 0. The molecule has 3 aromatic rings. The van der Waals surface area contributed by atoms with E-state index in [0.717, 1.165) is 28.6 Å². The van der Waals surface area contributed by atoms with Gasteiger partial charge >= 0.3 is 0 Å². The molecule has 3 aromatic carbocycles. The second kappa shape index (κ2) is 9.27. The summed E-state index contributed by atoms with van der Waals surface area (Å²) in [5.41, 5.74) is 4.45. The SMILES string of the molecule is O=C(c1ccc(C=C2SC(=O)N(Cc3ccc(F)cc3)C2=O)cc1)N1CCc2ccccc2C1. The van der Waals surface area contributed by atoms with Crippen molar-refractivity contribution >= 4 is 34.9 Å². The number of halogens is 1. The molecule has 0 bridgehead atoms. The molecule has 2 aliphatic heterocycles. The molecule has 1 fully saturated rings. The first kappa shape index (κ1) is 22.1. The molecule has 3 amide bonds. The molecule has 34 heavy (non-hydrogen) atoms. The summed E-state index contributed by atoms with van der Waals surface area (Å²) >= 11 is 0.875. The third-order valence-electron chi connectivity index (χ3n) is 6.00. The predicted octanol–water partition coefficient (Wildman–Crippen LogP) is 5.26. The quantitative estimate of drug-likeness (QED) is 0.486. The number of nitrogens with zero attached hydrogens (tertiary/aromatic N) is 2. The molecule has 0 spiro atoms. The highest BCUT2D eigenvalue weighted by Gasteiger charge is 2.35. The lowest BCUT2D eigenvalue weighted by molar-refractivity contribution is -0.123. The number of carbonyl (C=O) groups excluding carboxylic acids is 3. The average Bonchev–Trinajstić information content (AvgIpc) is 3.12. The molecule has 1 saturated heterocycles. The van der Waals surface area contributed by atoms with Crippen molar-refractivity contribution < 1.29 is 18.8 Å². The Morgan fingerprint density at radius 2 is 1.65 bits per heavy atom. The predicted molar refractivity (Wildman–Crippen MR) is 129 cm³/mol. The third kappa shape index (κ3) is 4.52. The van der Waals surface area contributed by atoms with Crippen LogP contribution in [0.5, 0.6) is 0 Å². The largest absolute Gasteiger partial charge is 0.334 e. The van der Waals surface area contributed by atoms with E-state index in [1.165, 1.54) is 23.3 Å². The minimum Gasteiger partial charge on any atom is -0.334 e. The van der Waals surface area contributed by atoms with E-state index in [4.69, 9.17) is 0 Å². The fourth-order valence-corrected chi connectivity index (χ4v) is 4.97. The minimum atomic E-state index is -0.383. The number of amides is 3. The smallest absolute Gasteiger partial charge is 0.293 e. The molecule has 0 radical (unpaired) electrons. The van der Waals surface area contributed by atoms with Crippen molar-refractivity contribution in [2.45, 2.75) is 19.5 Å². The molecule has 7 heteroatoms. The fraction of sp³-hybridized carbons (Fsp3) is 0.148. The molecule has 0 N–H and O–H groups in total. The molecule has 5 rings (SSSR count). The van der Waals surface area contributed by atoms with E-state index in [0.29, 0.717) is 29.1 Å². The van der Waals surface area contributed by atoms with Gasteiger partial charge in [0.1, 0.15) is 5.82 Å².